The maximum atomic E-state index is 13.1. The first-order valence-electron chi connectivity index (χ1n) is 9.73. The van der Waals surface area contributed by atoms with Gasteiger partial charge in [-0.1, -0.05) is 43.3 Å². The number of fused-ring (bicyclic) bond motifs is 1. The van der Waals surface area contributed by atoms with Crippen LogP contribution < -0.4 is 0 Å². The van der Waals surface area contributed by atoms with Crippen LogP contribution in [-0.4, -0.2) is 77.5 Å². The van der Waals surface area contributed by atoms with E-state index in [9.17, 15) is 14.7 Å². The van der Waals surface area contributed by atoms with E-state index in [1.165, 1.54) is 10.1 Å². The molecule has 30 heavy (non-hydrogen) atoms. The standard InChI is InChI=1S/C23H23NO3S2.Ca.2H/c1-15(11-18-12-16-7-5-6-10-21(16)29-18)22(25)24-14-19(13-20(24)23(26)27)28-17-8-3-2-4-9-17;;;/h2-10,12,15,19-20H,11,13-14H2,1H3,(H,26,27);;;/t15-,19-,20-;;;/m0.../s1. The van der Waals surface area contributed by atoms with Gasteiger partial charge in [0, 0.05) is 32.2 Å². The Bertz CT molecular complexity index is 990. The Morgan fingerprint density at radius 2 is 1.87 bits per heavy atom. The second-order valence-corrected chi connectivity index (χ2v) is 10.0. The van der Waals surface area contributed by atoms with Crippen LogP contribution in [0.15, 0.2) is 65.6 Å². The van der Waals surface area contributed by atoms with E-state index >= 15 is 0 Å². The number of rotatable bonds is 6. The zero-order valence-corrected chi connectivity index (χ0v) is 17.8. The molecule has 1 fully saturated rings. The van der Waals surface area contributed by atoms with E-state index in [1.54, 1.807) is 28.0 Å². The van der Waals surface area contributed by atoms with Crippen LogP contribution in [0.4, 0.5) is 0 Å². The molecule has 0 spiro atoms. The van der Waals surface area contributed by atoms with Crippen molar-refractivity contribution < 1.29 is 14.7 Å². The van der Waals surface area contributed by atoms with Gasteiger partial charge in [0.05, 0.1) is 0 Å². The third-order valence-corrected chi connectivity index (χ3v) is 7.64. The van der Waals surface area contributed by atoms with Crippen LogP contribution in [0.3, 0.4) is 0 Å². The van der Waals surface area contributed by atoms with E-state index in [4.69, 9.17) is 0 Å². The molecule has 0 unspecified atom stereocenters. The topological polar surface area (TPSA) is 57.6 Å². The molecule has 0 aliphatic carbocycles. The van der Waals surface area contributed by atoms with Crippen LogP contribution in [0.25, 0.3) is 10.1 Å². The van der Waals surface area contributed by atoms with Crippen molar-refractivity contribution in [3.8, 4) is 0 Å². The van der Waals surface area contributed by atoms with E-state index in [-0.39, 0.29) is 54.8 Å². The number of hydrogen-bond acceptors (Lipinski definition) is 4. The van der Waals surface area contributed by atoms with Crippen molar-refractivity contribution in [3.63, 3.8) is 0 Å². The zero-order valence-electron chi connectivity index (χ0n) is 16.2. The molecule has 2 aromatic carbocycles. The van der Waals surface area contributed by atoms with Crippen molar-refractivity contribution in [3.05, 3.63) is 65.5 Å². The molecule has 4 nitrogen and oxygen atoms in total. The average Bonchev–Trinajstić information content (AvgIpc) is 3.31. The Labute approximate surface area is 214 Å². The Morgan fingerprint density at radius 1 is 1.17 bits per heavy atom. The predicted molar refractivity (Wildman–Crippen MR) is 127 cm³/mol. The summed E-state index contributed by atoms with van der Waals surface area (Å²) in [5.41, 5.74) is 0. The number of carbonyl (C=O) groups excluding carboxylic acids is 1. The summed E-state index contributed by atoms with van der Waals surface area (Å²) < 4.78 is 1.21. The van der Waals surface area contributed by atoms with Gasteiger partial charge in [0.15, 0.2) is 0 Å². The van der Waals surface area contributed by atoms with E-state index in [0.29, 0.717) is 19.4 Å². The summed E-state index contributed by atoms with van der Waals surface area (Å²) in [5, 5.41) is 11.0. The second kappa shape index (κ2) is 10.5. The number of thioether (sulfide) groups is 1. The summed E-state index contributed by atoms with van der Waals surface area (Å²) in [6, 6.07) is 19.5. The van der Waals surface area contributed by atoms with Gasteiger partial charge in [-0.15, -0.1) is 23.1 Å². The molecular weight excluding hydrogens is 442 g/mol. The molecule has 2 heterocycles. The fourth-order valence-electron chi connectivity index (χ4n) is 3.86. The third-order valence-electron chi connectivity index (χ3n) is 5.28. The Hall–Kier alpha value is -1.05. The van der Waals surface area contributed by atoms with Gasteiger partial charge in [0.25, 0.3) is 0 Å². The number of carbonyl (C=O) groups is 2. The molecule has 1 amide bonds. The first kappa shape index (κ1) is 23.6. The molecule has 1 N–H and O–H groups in total. The van der Waals surface area contributed by atoms with E-state index < -0.39 is 12.0 Å². The molecule has 0 saturated carbocycles. The fourth-order valence-corrected chi connectivity index (χ4v) is 6.27. The molecule has 4 rings (SSSR count). The first-order valence-corrected chi connectivity index (χ1v) is 11.4. The Morgan fingerprint density at radius 3 is 2.57 bits per heavy atom. The summed E-state index contributed by atoms with van der Waals surface area (Å²) in [6.45, 7) is 2.38. The van der Waals surface area contributed by atoms with Crippen LogP contribution in [0.1, 0.15) is 18.2 Å². The summed E-state index contributed by atoms with van der Waals surface area (Å²) in [4.78, 5) is 28.8. The molecule has 1 aromatic heterocycles. The van der Waals surface area contributed by atoms with Gasteiger partial charge >= 0.3 is 43.7 Å². The number of thiophene rings is 1. The van der Waals surface area contributed by atoms with Gasteiger partial charge in [0.2, 0.25) is 5.91 Å². The molecule has 154 valence electrons. The number of hydrogen-bond donors (Lipinski definition) is 1. The molecule has 3 aromatic rings. The normalized spacial score (nSPS) is 19.4. The average molecular weight is 468 g/mol. The van der Waals surface area contributed by atoms with Crippen LogP contribution in [0.2, 0.25) is 0 Å². The van der Waals surface area contributed by atoms with Crippen LogP contribution in [-0.2, 0) is 16.0 Å². The summed E-state index contributed by atoms with van der Waals surface area (Å²) >= 11 is 3.36. The van der Waals surface area contributed by atoms with E-state index in [0.717, 1.165) is 9.77 Å². The van der Waals surface area contributed by atoms with Crippen LogP contribution >= 0.6 is 23.1 Å². The molecular formula is C23H25CaNO3S2. The van der Waals surface area contributed by atoms with Gasteiger partial charge in [-0.25, -0.2) is 4.79 Å². The summed E-state index contributed by atoms with van der Waals surface area (Å²) in [5.74, 6) is -1.22. The van der Waals surface area contributed by atoms with Gasteiger partial charge in [0.1, 0.15) is 6.04 Å². The fraction of sp³-hybridized carbons (Fsp3) is 0.304. The van der Waals surface area contributed by atoms with Crippen molar-refractivity contribution >= 4 is 82.8 Å². The number of likely N-dealkylation sites (tertiary alicyclic amines) is 1. The van der Waals surface area contributed by atoms with E-state index in [2.05, 4.69) is 18.2 Å². The van der Waals surface area contributed by atoms with Gasteiger partial charge < -0.3 is 10.0 Å². The van der Waals surface area contributed by atoms with Crippen molar-refractivity contribution in [2.24, 2.45) is 5.92 Å². The van der Waals surface area contributed by atoms with Gasteiger partial charge in [-0.3, -0.25) is 4.79 Å². The first-order chi connectivity index (χ1) is 14.0. The third kappa shape index (κ3) is 5.40. The summed E-state index contributed by atoms with van der Waals surface area (Å²) in [7, 11) is 0. The quantitative estimate of drug-likeness (QED) is 0.557. The Kier molecular flexibility index (Phi) is 8.27. The Balaban J connectivity index is 0.00000256. The van der Waals surface area contributed by atoms with Crippen molar-refractivity contribution in [2.75, 3.05) is 6.54 Å². The number of nitrogens with zero attached hydrogens (tertiary/aromatic N) is 1. The number of aliphatic carboxylic acids is 1. The summed E-state index contributed by atoms with van der Waals surface area (Å²) in [6.07, 6.45) is 1.12. The molecule has 1 aliphatic heterocycles. The van der Waals surface area contributed by atoms with Crippen molar-refractivity contribution in [2.45, 2.75) is 36.0 Å². The number of carboxylic acid groups (broad SMARTS) is 1. The van der Waals surface area contributed by atoms with Gasteiger partial charge in [-0.05, 0) is 42.5 Å². The zero-order chi connectivity index (χ0) is 20.4. The minimum absolute atomic E-state index is 0. The molecule has 1 aliphatic rings. The molecule has 0 radical (unpaired) electrons. The van der Waals surface area contributed by atoms with E-state index in [1.807, 2.05) is 49.4 Å². The van der Waals surface area contributed by atoms with Crippen LogP contribution in [0, 0.1) is 5.92 Å². The molecule has 1 saturated heterocycles. The van der Waals surface area contributed by atoms with Gasteiger partial charge in [-0.2, -0.15) is 0 Å². The second-order valence-electron chi connectivity index (χ2n) is 7.49. The van der Waals surface area contributed by atoms with Crippen molar-refractivity contribution in [1.82, 2.24) is 4.90 Å². The number of amides is 1. The number of benzene rings is 2. The number of carboxylic acids is 1. The molecule has 0 bridgehead atoms. The minimum atomic E-state index is -0.913. The molecule has 7 heteroatoms. The monoisotopic (exact) mass is 467 g/mol. The van der Waals surface area contributed by atoms with Crippen LogP contribution in [0.5, 0.6) is 0 Å². The molecule has 3 atom stereocenters. The maximum absolute atomic E-state index is 13.1. The SMILES string of the molecule is C[C@@H](Cc1cc2ccccc2s1)C(=O)N1C[C@@H](Sc2ccccc2)C[C@H]1C(=O)O.[CaH2]. The van der Waals surface area contributed by atoms with Crippen molar-refractivity contribution in [1.29, 1.82) is 0 Å². The predicted octanol–water partition coefficient (Wildman–Crippen LogP) is 4.01.